The molecule has 0 spiro atoms. The van der Waals surface area contributed by atoms with Gasteiger partial charge < -0.3 is 17.1 Å². The number of benzene rings is 2. The average molecular weight is 501 g/mol. The first kappa shape index (κ1) is 19.7. The number of hydrogen-bond donors (Lipinski definition) is 0. The van der Waals surface area contributed by atoms with Gasteiger partial charge in [-0.05, 0) is 30.9 Å². The molecule has 0 amide bonds. The van der Waals surface area contributed by atoms with E-state index < -0.39 is 0 Å². The Morgan fingerprint density at radius 2 is 1.36 bits per heavy atom. The average Bonchev–Trinajstić information content (AvgIpc) is 2.82. The Bertz CT molecular complexity index is 502. The molecule has 22 heavy (non-hydrogen) atoms. The van der Waals surface area contributed by atoms with Gasteiger partial charge in [0.1, 0.15) is 0 Å². The molecule has 0 bridgehead atoms. The van der Waals surface area contributed by atoms with Gasteiger partial charge in [0.05, 0.1) is 11.7 Å². The Hall–Kier alpha value is -0.375. The third-order valence-corrected chi connectivity index (χ3v) is 4.08. The fourth-order valence-electron chi connectivity index (χ4n) is 3.15. The number of hydrogen-bond acceptors (Lipinski definition) is 1. The van der Waals surface area contributed by atoms with E-state index in [1.165, 1.54) is 11.1 Å². The van der Waals surface area contributed by atoms with Crippen LogP contribution in [0.2, 0.25) is 0 Å². The molecule has 3 heteroatoms. The molecule has 2 aromatic carbocycles. The van der Waals surface area contributed by atoms with Crippen molar-refractivity contribution in [2.75, 3.05) is 0 Å². The van der Waals surface area contributed by atoms with Crippen LogP contribution in [0, 0.1) is 6.92 Å². The number of ether oxygens (including phenoxy) is 1. The molecule has 1 fully saturated rings. The van der Waals surface area contributed by atoms with Gasteiger partial charge in [0.15, 0.2) is 0 Å². The van der Waals surface area contributed by atoms with Crippen LogP contribution in [-0.2, 0) is 45.2 Å². The van der Waals surface area contributed by atoms with E-state index in [0.717, 1.165) is 25.7 Å². The van der Waals surface area contributed by atoms with Gasteiger partial charge in [-0.1, -0.05) is 60.7 Å². The molecule has 3 rings (SSSR count). The third kappa shape index (κ3) is 5.08. The van der Waals surface area contributed by atoms with Crippen molar-refractivity contribution in [3.05, 3.63) is 78.7 Å². The van der Waals surface area contributed by atoms with Crippen LogP contribution in [0.3, 0.4) is 0 Å². The van der Waals surface area contributed by atoms with E-state index in [1.54, 1.807) is 0 Å². The van der Waals surface area contributed by atoms with Crippen LogP contribution >= 0.6 is 0 Å². The summed E-state index contributed by atoms with van der Waals surface area (Å²) in [5.74, 6) is 0. The van der Waals surface area contributed by atoms with Gasteiger partial charge in [-0.25, -0.2) is 0 Å². The van der Waals surface area contributed by atoms with Crippen molar-refractivity contribution in [3.63, 3.8) is 0 Å². The predicted octanol–water partition coefficient (Wildman–Crippen LogP) is 1.23. The molecule has 1 unspecified atom stereocenters. The first-order valence-corrected chi connectivity index (χ1v) is 7.35. The third-order valence-electron chi connectivity index (χ3n) is 4.08. The molecule has 0 N–H and O–H groups in total. The first-order chi connectivity index (χ1) is 9.76. The van der Waals surface area contributed by atoms with Crippen molar-refractivity contribution in [1.82, 2.24) is 0 Å². The Kier molecular flexibility index (Phi) is 8.09. The quantitative estimate of drug-likeness (QED) is 0.573. The van der Waals surface area contributed by atoms with Crippen LogP contribution in [-0.4, -0.2) is 11.7 Å². The molecule has 0 aromatic heterocycles. The summed E-state index contributed by atoms with van der Waals surface area (Å²) in [5, 5.41) is 0. The van der Waals surface area contributed by atoms with Crippen LogP contribution in [0.4, 0.5) is 0 Å². The Balaban J connectivity index is 0.00000121. The van der Waals surface area contributed by atoms with Gasteiger partial charge in [0, 0.05) is 12.8 Å². The summed E-state index contributed by atoms with van der Waals surface area (Å²) in [5.41, 5.74) is 2.60. The maximum Gasteiger partial charge on any atom is 1.00 e. The second-order valence-electron chi connectivity index (χ2n) is 5.79. The number of rotatable bonds is 4. The van der Waals surface area contributed by atoms with Gasteiger partial charge in [-0.15, -0.1) is 0 Å². The molecule has 2 radical (unpaired) electrons. The topological polar surface area (TPSA) is 9.23 Å². The van der Waals surface area contributed by atoms with Crippen LogP contribution in [0.5, 0.6) is 0 Å². The zero-order valence-electron chi connectivity index (χ0n) is 12.9. The predicted molar refractivity (Wildman–Crippen MR) is 82.5 cm³/mol. The van der Waals surface area contributed by atoms with Gasteiger partial charge in [0.25, 0.3) is 0 Å². The van der Waals surface area contributed by atoms with Crippen molar-refractivity contribution in [1.29, 1.82) is 0 Å². The summed E-state index contributed by atoms with van der Waals surface area (Å²) in [6, 6.07) is 21.3. The summed E-state index contributed by atoms with van der Waals surface area (Å²) >= 11 is 0. The van der Waals surface area contributed by atoms with Crippen LogP contribution in [0.1, 0.15) is 24.0 Å². The second-order valence-corrected chi connectivity index (χ2v) is 5.79. The molecule has 1 heterocycles. The number of halogens is 1. The summed E-state index contributed by atoms with van der Waals surface area (Å²) in [6.45, 7) is 4.09. The van der Waals surface area contributed by atoms with Crippen molar-refractivity contribution >= 4 is 0 Å². The Morgan fingerprint density at radius 3 is 1.73 bits per heavy atom. The van der Waals surface area contributed by atoms with E-state index >= 15 is 0 Å². The summed E-state index contributed by atoms with van der Waals surface area (Å²) in [7, 11) is 0. The van der Waals surface area contributed by atoms with E-state index in [2.05, 4.69) is 67.6 Å². The molecule has 0 saturated carbocycles. The fraction of sp³-hybridized carbons (Fsp3) is 0.316. The van der Waals surface area contributed by atoms with E-state index in [0.29, 0.717) is 0 Å². The van der Waals surface area contributed by atoms with Crippen molar-refractivity contribution in [3.8, 4) is 0 Å². The van der Waals surface area contributed by atoms with Crippen molar-refractivity contribution in [2.45, 2.75) is 37.4 Å². The minimum absolute atomic E-state index is 0. The molecule has 1 aliphatic rings. The van der Waals surface area contributed by atoms with E-state index in [4.69, 9.17) is 4.74 Å². The van der Waals surface area contributed by atoms with E-state index in [1.807, 2.05) is 0 Å². The Labute approximate surface area is 160 Å². The minimum atomic E-state index is -0.0882. The maximum atomic E-state index is 6.25. The molecule has 2 aromatic rings. The molecule has 112 valence electrons. The molecule has 1 nitrogen and oxygen atoms in total. The molecule has 1 saturated heterocycles. The van der Waals surface area contributed by atoms with Gasteiger partial charge in [0.2, 0.25) is 0 Å². The molecular formula is C19H21ClHgO. The van der Waals surface area contributed by atoms with Crippen LogP contribution < -0.4 is 12.4 Å². The zero-order valence-corrected chi connectivity index (χ0v) is 19.1. The molecular weight excluding hydrogens is 480 g/mol. The van der Waals surface area contributed by atoms with Crippen molar-refractivity contribution in [2.24, 2.45) is 0 Å². The van der Waals surface area contributed by atoms with Crippen molar-refractivity contribution < 1.29 is 44.8 Å². The summed E-state index contributed by atoms with van der Waals surface area (Å²) in [6.07, 6.45) is 4.20. The van der Waals surface area contributed by atoms with Gasteiger partial charge >= 0.3 is 27.7 Å². The largest absolute Gasteiger partial charge is 1.00 e. The summed E-state index contributed by atoms with van der Waals surface area (Å²) < 4.78 is 6.25. The van der Waals surface area contributed by atoms with E-state index in [9.17, 15) is 0 Å². The molecule has 1 atom stereocenters. The zero-order chi connectivity index (χ0) is 13.8. The second kappa shape index (κ2) is 9.05. The van der Waals surface area contributed by atoms with Gasteiger partial charge in [-0.3, -0.25) is 0 Å². The summed E-state index contributed by atoms with van der Waals surface area (Å²) in [4.78, 5) is 0. The molecule has 0 aliphatic carbocycles. The minimum Gasteiger partial charge on any atom is -1.00 e. The van der Waals surface area contributed by atoms with Crippen LogP contribution in [0.15, 0.2) is 60.7 Å². The van der Waals surface area contributed by atoms with Crippen LogP contribution in [0.25, 0.3) is 0 Å². The smallest absolute Gasteiger partial charge is 1.00 e. The Morgan fingerprint density at radius 1 is 0.909 bits per heavy atom. The first-order valence-electron chi connectivity index (χ1n) is 7.35. The van der Waals surface area contributed by atoms with Gasteiger partial charge in [-0.2, -0.15) is 0 Å². The maximum absolute atomic E-state index is 6.25. The standard InChI is InChI=1S/C19H21O.ClH.Hg/c1-16-12-13-19(20-16,14-17-8-4-2-5-9-17)15-18-10-6-3-7-11-18;;/h2-11,16H,1,12-15H2;1H;/q;;+1/p-1. The molecule has 1 aliphatic heterocycles. The normalized spacial score (nSPS) is 19.0. The SMILES string of the molecule is [CH2]C1CCC(Cc2ccccc2)(Cc2ccccc2)O1.[Cl-].[Hg+]. The monoisotopic (exact) mass is 502 g/mol. The van der Waals surface area contributed by atoms with E-state index in [-0.39, 0.29) is 51.8 Å². The fourth-order valence-corrected chi connectivity index (χ4v) is 3.15.